The van der Waals surface area contributed by atoms with Gasteiger partial charge >= 0.3 is 6.09 Å². The first-order valence-electron chi connectivity index (χ1n) is 22.5. The molecule has 63 heavy (non-hydrogen) atoms. The lowest BCUT2D eigenvalue weighted by molar-refractivity contribution is -0.392. The minimum atomic E-state index is -0.922. The highest BCUT2D eigenvalue weighted by atomic mass is 17.3. The first-order valence-corrected chi connectivity index (χ1v) is 22.5. The van der Waals surface area contributed by atoms with Gasteiger partial charge in [-0.2, -0.15) is 9.78 Å². The third kappa shape index (κ3) is 10.9. The molecular weight excluding hydrogens is 813 g/mol. The van der Waals surface area contributed by atoms with Crippen LogP contribution >= 0.6 is 0 Å². The lowest BCUT2D eigenvalue weighted by Gasteiger charge is -2.62. The minimum Gasteiger partial charge on any atom is -0.446 e. The summed E-state index contributed by atoms with van der Waals surface area (Å²) in [6.45, 7) is 2.91. The summed E-state index contributed by atoms with van der Waals surface area (Å²) in [6, 6.07) is 15.3. The Morgan fingerprint density at radius 3 is 2.11 bits per heavy atom. The maximum atomic E-state index is 13.3. The van der Waals surface area contributed by atoms with E-state index in [0.717, 1.165) is 67.3 Å². The molecule has 2 heterocycles. The Hall–Kier alpha value is -4.60. The Bertz CT molecular complexity index is 2000. The highest BCUT2D eigenvalue weighted by Gasteiger charge is 2.70. The molecule has 340 valence electrons. The molecule has 3 N–H and O–H groups in total. The molecule has 5 aliphatic carbocycles. The molecule has 4 atom stereocenters. The number of fused-ring (bicyclic) bond motifs is 2. The van der Waals surface area contributed by atoms with Crippen LogP contribution in [-0.4, -0.2) is 113 Å². The van der Waals surface area contributed by atoms with Crippen molar-refractivity contribution in [1.82, 2.24) is 16.0 Å². The Balaban J connectivity index is 0.638. The van der Waals surface area contributed by atoms with Gasteiger partial charge in [0.15, 0.2) is 0 Å². The van der Waals surface area contributed by atoms with Crippen LogP contribution in [-0.2, 0) is 59.1 Å². The van der Waals surface area contributed by atoms with Gasteiger partial charge in [0.05, 0.1) is 71.6 Å². The van der Waals surface area contributed by atoms with E-state index in [1.165, 1.54) is 0 Å². The van der Waals surface area contributed by atoms with Gasteiger partial charge in [0.1, 0.15) is 6.10 Å². The number of para-hydroxylation sites is 1. The number of anilines is 1. The van der Waals surface area contributed by atoms with E-state index in [1.54, 1.807) is 11.9 Å². The van der Waals surface area contributed by atoms with Crippen molar-refractivity contribution in [2.24, 2.45) is 17.8 Å². The van der Waals surface area contributed by atoms with E-state index in [2.05, 4.69) is 27.8 Å². The zero-order valence-corrected chi connectivity index (χ0v) is 36.1. The van der Waals surface area contributed by atoms with E-state index < -0.39 is 17.7 Å². The average molecular weight is 873 g/mol. The van der Waals surface area contributed by atoms with Gasteiger partial charge in [0.2, 0.25) is 29.3 Å². The number of benzene rings is 2. The van der Waals surface area contributed by atoms with Crippen molar-refractivity contribution in [2.75, 3.05) is 71.3 Å². The topological polar surface area (TPSA) is 181 Å². The fourth-order valence-corrected chi connectivity index (χ4v) is 10.5. The second-order valence-corrected chi connectivity index (χ2v) is 17.6. The number of ether oxygens (including phenoxy) is 6. The first kappa shape index (κ1) is 45.0. The molecule has 9 rings (SSSR count). The normalized spacial score (nSPS) is 28.6. The molecule has 2 aliphatic heterocycles. The highest BCUT2D eigenvalue weighted by molar-refractivity contribution is 5.98. The second kappa shape index (κ2) is 20.5. The predicted octanol–water partition coefficient (Wildman–Crippen LogP) is 4.26. The number of alkyl carbamates (subject to hydrolysis) is 1. The van der Waals surface area contributed by atoms with Crippen molar-refractivity contribution >= 4 is 29.5 Å². The fourth-order valence-electron chi connectivity index (χ4n) is 10.5. The summed E-state index contributed by atoms with van der Waals surface area (Å²) in [7, 11) is 1.55. The molecule has 7 aliphatic rings. The minimum absolute atomic E-state index is 0.0198. The molecule has 2 aromatic carbocycles. The van der Waals surface area contributed by atoms with Gasteiger partial charge in [-0.15, -0.1) is 0 Å². The molecule has 1 saturated heterocycles. The Kier molecular flexibility index (Phi) is 14.6. The van der Waals surface area contributed by atoms with Gasteiger partial charge in [0.25, 0.3) is 0 Å². The zero-order chi connectivity index (χ0) is 43.7. The molecule has 4 bridgehead atoms. The van der Waals surface area contributed by atoms with Crippen molar-refractivity contribution in [1.29, 1.82) is 0 Å². The van der Waals surface area contributed by atoms with Crippen LogP contribution in [0, 0.1) is 29.6 Å². The number of carbonyl (C=O) groups is 4. The Morgan fingerprint density at radius 2 is 1.40 bits per heavy atom. The highest BCUT2D eigenvalue weighted by Crippen LogP contribution is 2.65. The zero-order valence-electron chi connectivity index (χ0n) is 36.1. The molecule has 3 unspecified atom stereocenters. The average Bonchev–Trinajstić information content (AvgIpc) is 3.63. The summed E-state index contributed by atoms with van der Waals surface area (Å²) < 4.78 is 34.8. The number of nitrogens with one attached hydrogen (secondary N) is 3. The van der Waals surface area contributed by atoms with Crippen LogP contribution in [0.5, 0.6) is 0 Å². The number of nitrogens with zero attached hydrogens (tertiary/aromatic N) is 1. The van der Waals surface area contributed by atoms with Crippen molar-refractivity contribution in [2.45, 2.75) is 100 Å². The largest absolute Gasteiger partial charge is 0.446 e. The first-order chi connectivity index (χ1) is 30.7. The van der Waals surface area contributed by atoms with Gasteiger partial charge in [-0.25, -0.2) is 4.79 Å². The van der Waals surface area contributed by atoms with Crippen LogP contribution < -0.4 is 20.9 Å². The van der Waals surface area contributed by atoms with Crippen LogP contribution in [0.3, 0.4) is 0 Å². The fraction of sp³-hybridized carbons (Fsp3) is 0.617. The summed E-state index contributed by atoms with van der Waals surface area (Å²) in [6.07, 6.45) is 6.76. The van der Waals surface area contributed by atoms with Crippen LogP contribution in [0.25, 0.3) is 0 Å². The third-order valence-electron chi connectivity index (χ3n) is 13.2. The van der Waals surface area contributed by atoms with Gasteiger partial charge in [-0.05, 0) is 74.6 Å². The van der Waals surface area contributed by atoms with Gasteiger partial charge in [-0.3, -0.25) is 14.4 Å². The van der Waals surface area contributed by atoms with Crippen molar-refractivity contribution in [3.63, 3.8) is 0 Å². The van der Waals surface area contributed by atoms with E-state index in [4.69, 9.17) is 38.2 Å². The summed E-state index contributed by atoms with van der Waals surface area (Å²) in [5.41, 5.74) is 3.01. The SMILES string of the molecule is CNC(=O)OC1CCC[C@]2(C1)OOC1(O2)C2CC3CC1CC(NC(=O)CCOCCOCCOCCOCCC(=O)NCC(=O)N1Cc4ccccc4C#Cc4ccccc41)(C3)C2. The Labute approximate surface area is 368 Å². The molecule has 2 spiro atoms. The maximum Gasteiger partial charge on any atom is 0.407 e. The van der Waals surface area contributed by atoms with Crippen molar-refractivity contribution < 1.29 is 57.4 Å². The molecule has 4 amide bonds. The monoisotopic (exact) mass is 872 g/mol. The van der Waals surface area contributed by atoms with E-state index in [9.17, 15) is 19.2 Å². The number of hydrogen-bond donors (Lipinski definition) is 3. The maximum absolute atomic E-state index is 13.3. The number of carbonyl (C=O) groups excluding carboxylic acids is 4. The van der Waals surface area contributed by atoms with Crippen LogP contribution in [0.4, 0.5) is 10.5 Å². The Morgan fingerprint density at radius 1 is 0.762 bits per heavy atom. The molecule has 6 fully saturated rings. The quantitative estimate of drug-likeness (QED) is 0.104. The van der Waals surface area contributed by atoms with Crippen LogP contribution in [0.2, 0.25) is 0 Å². The molecule has 16 heteroatoms. The van der Waals surface area contributed by atoms with E-state index >= 15 is 0 Å². The van der Waals surface area contributed by atoms with Crippen molar-refractivity contribution in [3.8, 4) is 11.8 Å². The molecule has 2 aromatic rings. The predicted molar refractivity (Wildman–Crippen MR) is 227 cm³/mol. The second-order valence-electron chi connectivity index (χ2n) is 17.6. The molecular formula is C47H60N4O12. The number of hydrogen-bond acceptors (Lipinski definition) is 12. The summed E-state index contributed by atoms with van der Waals surface area (Å²) in [4.78, 5) is 64.7. The van der Waals surface area contributed by atoms with Gasteiger partial charge in [-0.1, -0.05) is 42.2 Å². The van der Waals surface area contributed by atoms with Crippen LogP contribution in [0.1, 0.15) is 87.3 Å². The summed E-state index contributed by atoms with van der Waals surface area (Å²) >= 11 is 0. The third-order valence-corrected chi connectivity index (χ3v) is 13.2. The lowest BCUT2D eigenvalue weighted by atomic mass is 9.50. The van der Waals surface area contributed by atoms with Gasteiger partial charge < -0.3 is 49.3 Å². The van der Waals surface area contributed by atoms with Crippen LogP contribution in [0.15, 0.2) is 48.5 Å². The standard InChI is InChI=1S/C47H60N4O12/c1-48-44(55)60-39-10-6-16-46(30-39)61-47(63-62-46)37-25-33-26-38(47)29-45(27-33,28-37)50-42(53)15-18-57-20-22-59-24-23-58-21-19-56-17-14-41(52)49-31-43(54)51-32-36-9-3-2-7-34(36)12-13-35-8-4-5-11-40(35)51/h2-5,7-9,11,33,37-39H,6,10,14-32H2,1H3,(H,48,55)(H,49,52)(H,50,53)/t33?,37?,38?,39?,45?,46-,47?/m1/s1. The molecule has 0 radical (unpaired) electrons. The lowest BCUT2D eigenvalue weighted by Crippen LogP contribution is -2.69. The summed E-state index contributed by atoms with van der Waals surface area (Å²) in [5, 5.41) is 8.62. The van der Waals surface area contributed by atoms with Gasteiger partial charge in [0, 0.05) is 61.2 Å². The molecule has 5 saturated carbocycles. The number of amides is 4. The summed E-state index contributed by atoms with van der Waals surface area (Å²) in [5.74, 6) is 4.81. The van der Waals surface area contributed by atoms with E-state index in [-0.39, 0.29) is 67.2 Å². The molecule has 0 aromatic heterocycles. The van der Waals surface area contributed by atoms with E-state index in [0.29, 0.717) is 71.6 Å². The van der Waals surface area contributed by atoms with Crippen molar-refractivity contribution in [3.05, 3.63) is 65.2 Å². The number of rotatable bonds is 19. The molecule has 16 nitrogen and oxygen atoms in total. The van der Waals surface area contributed by atoms with E-state index in [1.807, 2.05) is 48.5 Å². The smallest absolute Gasteiger partial charge is 0.407 e.